The Bertz CT molecular complexity index is 1060. The Morgan fingerprint density at radius 1 is 1.24 bits per heavy atom. The molecule has 2 aliphatic rings. The van der Waals surface area contributed by atoms with Crippen LogP contribution in [0.2, 0.25) is 0 Å². The van der Waals surface area contributed by atoms with Gasteiger partial charge in [-0.1, -0.05) is 49.6 Å². The normalized spacial score (nSPS) is 23.9. The Balaban J connectivity index is 2.71. The number of aliphatic hydroxyl groups is 1. The number of carboxylic acid groups (broad SMARTS) is 1. The molecule has 0 amide bonds. The van der Waals surface area contributed by atoms with Gasteiger partial charge in [0.2, 0.25) is 17.2 Å². The van der Waals surface area contributed by atoms with E-state index in [2.05, 4.69) is 19.9 Å². The van der Waals surface area contributed by atoms with Crippen LogP contribution in [0.3, 0.4) is 0 Å². The number of carbonyl (C=O) groups excluding carboxylic acids is 3. The van der Waals surface area contributed by atoms with Crippen molar-refractivity contribution >= 4 is 35.1 Å². The average molecular weight is 492 g/mol. The van der Waals surface area contributed by atoms with Crippen molar-refractivity contribution in [2.45, 2.75) is 65.7 Å². The maximum absolute atomic E-state index is 13.3. The summed E-state index contributed by atoms with van der Waals surface area (Å²) in [4.78, 5) is 51.0. The van der Waals surface area contributed by atoms with Crippen molar-refractivity contribution in [3.8, 4) is 0 Å². The first-order chi connectivity index (χ1) is 15.7. The van der Waals surface area contributed by atoms with Gasteiger partial charge in [-0.25, -0.2) is 4.79 Å². The van der Waals surface area contributed by atoms with Crippen LogP contribution in [0.4, 0.5) is 0 Å². The fourth-order valence-corrected chi connectivity index (χ4v) is 4.13. The van der Waals surface area contributed by atoms with Gasteiger partial charge < -0.3 is 19.8 Å². The number of carbonyl (C=O) groups is 4. The topological polar surface area (TPSA) is 121 Å². The van der Waals surface area contributed by atoms with Crippen LogP contribution in [0.1, 0.15) is 48.0 Å². The lowest BCUT2D eigenvalue weighted by atomic mass is 9.79. The number of nitrogens with zero attached hydrogens (tertiary/aromatic N) is 1. The third kappa shape index (κ3) is 5.39. The Labute approximate surface area is 203 Å². The number of hydrogen-bond acceptors (Lipinski definition) is 7. The molecule has 8 nitrogen and oxygen atoms in total. The fourth-order valence-electron chi connectivity index (χ4n) is 3.79. The van der Waals surface area contributed by atoms with Crippen LogP contribution in [0.25, 0.3) is 0 Å². The third-order valence-electron chi connectivity index (χ3n) is 5.76. The average Bonchev–Trinajstić information content (AvgIpc) is 2.74. The minimum absolute atomic E-state index is 0.0930. The molecule has 1 heterocycles. The highest BCUT2D eigenvalue weighted by atomic mass is 35.5. The molecule has 0 spiro atoms. The molecular formula is C25H30ClNO7. The molecular weight excluding hydrogens is 462 g/mol. The molecule has 0 radical (unpaired) electrons. The number of esters is 1. The molecule has 0 aromatic carbocycles. The number of halogens is 1. The molecule has 2 rings (SSSR count). The maximum atomic E-state index is 13.3. The summed E-state index contributed by atoms with van der Waals surface area (Å²) < 4.78 is 5.04. The number of ketones is 2. The monoisotopic (exact) mass is 491 g/mol. The van der Waals surface area contributed by atoms with Crippen LogP contribution in [-0.4, -0.2) is 56.4 Å². The standard InChI is InChI=1S/C25H30ClNO7/c1-7-13(2)10-14(3)8-9-17-11-18-19(12-27(17)21(15(4)28)24(32)33)22(30)25(6,34-16(5)29)23(31)20(18)26/h8-13,15,21,28H,7H2,1-6H3,(H,32,33)/b9-8+,14-10+/t13-,15+,21?,25+/m0/s1. The van der Waals surface area contributed by atoms with Gasteiger partial charge in [0.1, 0.15) is 0 Å². The van der Waals surface area contributed by atoms with Crippen molar-refractivity contribution < 1.29 is 34.1 Å². The van der Waals surface area contributed by atoms with Gasteiger partial charge >= 0.3 is 11.9 Å². The first-order valence-electron chi connectivity index (χ1n) is 10.9. The number of fused-ring (bicyclic) bond motifs is 1. The zero-order valence-corrected chi connectivity index (χ0v) is 20.8. The van der Waals surface area contributed by atoms with Gasteiger partial charge in [-0.3, -0.25) is 14.4 Å². The van der Waals surface area contributed by atoms with Gasteiger partial charge in [-0.15, -0.1) is 0 Å². The van der Waals surface area contributed by atoms with E-state index in [-0.39, 0.29) is 16.2 Å². The Morgan fingerprint density at radius 3 is 2.35 bits per heavy atom. The maximum Gasteiger partial charge on any atom is 0.329 e. The van der Waals surface area contributed by atoms with E-state index >= 15 is 0 Å². The van der Waals surface area contributed by atoms with Crippen molar-refractivity contribution in [3.05, 3.63) is 58.0 Å². The lowest BCUT2D eigenvalue weighted by Gasteiger charge is -2.38. The Kier molecular flexibility index (Phi) is 8.45. The molecule has 1 aliphatic heterocycles. The molecule has 1 unspecified atom stereocenters. The largest absolute Gasteiger partial charge is 0.480 e. The summed E-state index contributed by atoms with van der Waals surface area (Å²) in [5, 5.41) is 19.7. The molecule has 0 aromatic heterocycles. The molecule has 34 heavy (non-hydrogen) atoms. The van der Waals surface area contributed by atoms with Crippen molar-refractivity contribution in [1.82, 2.24) is 4.90 Å². The van der Waals surface area contributed by atoms with Crippen LogP contribution < -0.4 is 0 Å². The van der Waals surface area contributed by atoms with E-state index in [1.165, 1.54) is 24.1 Å². The van der Waals surface area contributed by atoms with Crippen molar-refractivity contribution in [1.29, 1.82) is 0 Å². The molecule has 0 bridgehead atoms. The zero-order valence-electron chi connectivity index (χ0n) is 20.1. The van der Waals surface area contributed by atoms with Crippen molar-refractivity contribution in [2.24, 2.45) is 5.92 Å². The number of ether oxygens (including phenoxy) is 1. The van der Waals surface area contributed by atoms with Crippen molar-refractivity contribution in [3.63, 3.8) is 0 Å². The highest BCUT2D eigenvalue weighted by Crippen LogP contribution is 2.40. The van der Waals surface area contributed by atoms with E-state index in [1.54, 1.807) is 12.2 Å². The first kappa shape index (κ1) is 27.3. The molecule has 9 heteroatoms. The number of carboxylic acids is 1. The molecule has 0 saturated carbocycles. The molecule has 0 fully saturated rings. The second-order valence-corrected chi connectivity index (χ2v) is 9.06. The van der Waals surface area contributed by atoms with Crippen LogP contribution in [0.5, 0.6) is 0 Å². The summed E-state index contributed by atoms with van der Waals surface area (Å²) >= 11 is 6.32. The van der Waals surface area contributed by atoms with E-state index in [0.29, 0.717) is 11.6 Å². The van der Waals surface area contributed by atoms with Gasteiger partial charge in [-0.05, 0) is 38.8 Å². The van der Waals surface area contributed by atoms with Gasteiger partial charge in [0.25, 0.3) is 0 Å². The molecule has 184 valence electrons. The Morgan fingerprint density at radius 2 is 1.85 bits per heavy atom. The van der Waals surface area contributed by atoms with Gasteiger partial charge in [-0.2, -0.15) is 0 Å². The quantitative estimate of drug-likeness (QED) is 0.301. The summed E-state index contributed by atoms with van der Waals surface area (Å²) in [6, 6.07) is -1.44. The molecule has 4 atom stereocenters. The van der Waals surface area contributed by atoms with Gasteiger partial charge in [0.05, 0.1) is 11.1 Å². The van der Waals surface area contributed by atoms with Gasteiger partial charge in [0, 0.05) is 30.0 Å². The van der Waals surface area contributed by atoms with E-state index < -0.39 is 41.3 Å². The number of aliphatic hydroxyl groups excluding tert-OH is 1. The zero-order chi connectivity index (χ0) is 26.0. The summed E-state index contributed by atoms with van der Waals surface area (Å²) in [5.41, 5.74) is -0.949. The molecule has 0 aromatic rings. The highest BCUT2D eigenvalue weighted by Gasteiger charge is 2.52. The Hall–Kier alpha value is -2.97. The number of Topliss-reactive ketones (excluding diaryl/α,β-unsaturated/α-hetero) is 2. The van der Waals surface area contributed by atoms with Crippen LogP contribution >= 0.6 is 11.6 Å². The summed E-state index contributed by atoms with van der Waals surface area (Å²) in [6.45, 7) is 9.55. The summed E-state index contributed by atoms with van der Waals surface area (Å²) in [7, 11) is 0. The second-order valence-electron chi connectivity index (χ2n) is 8.69. The number of hydrogen-bond donors (Lipinski definition) is 2. The van der Waals surface area contributed by atoms with E-state index in [0.717, 1.165) is 25.8 Å². The number of rotatable bonds is 8. The van der Waals surface area contributed by atoms with E-state index in [9.17, 15) is 29.4 Å². The summed E-state index contributed by atoms with van der Waals surface area (Å²) in [6.07, 6.45) is 7.74. The highest BCUT2D eigenvalue weighted by molar-refractivity contribution is 6.49. The lowest BCUT2D eigenvalue weighted by Crippen LogP contribution is -2.53. The number of allylic oxidation sites excluding steroid dienone is 6. The van der Waals surface area contributed by atoms with Crippen LogP contribution in [-0.2, 0) is 23.9 Å². The van der Waals surface area contributed by atoms with E-state index in [1.807, 2.05) is 6.92 Å². The molecule has 1 aliphatic carbocycles. The minimum Gasteiger partial charge on any atom is -0.480 e. The van der Waals surface area contributed by atoms with Crippen LogP contribution in [0, 0.1) is 5.92 Å². The smallest absolute Gasteiger partial charge is 0.329 e. The first-order valence-corrected chi connectivity index (χ1v) is 11.3. The SMILES string of the molecule is CC[C@H](C)/C=C(C)/C=C/C1=CC2=C(Cl)C(=O)[C@](C)(OC(C)=O)C(=O)C2=CN1C(C(=O)O)[C@@H](C)O. The number of aliphatic carboxylic acids is 1. The third-order valence-corrected chi connectivity index (χ3v) is 6.14. The molecule has 0 saturated heterocycles. The molecule has 2 N–H and O–H groups in total. The second kappa shape index (κ2) is 10.5. The fraction of sp³-hybridized carbons (Fsp3) is 0.440. The van der Waals surface area contributed by atoms with Gasteiger partial charge in [0.15, 0.2) is 6.04 Å². The van der Waals surface area contributed by atoms with E-state index in [4.69, 9.17) is 16.3 Å². The lowest BCUT2D eigenvalue weighted by molar-refractivity contribution is -0.167. The van der Waals surface area contributed by atoms with Crippen molar-refractivity contribution in [2.75, 3.05) is 0 Å². The minimum atomic E-state index is -2.18. The predicted molar refractivity (Wildman–Crippen MR) is 127 cm³/mol. The summed E-state index contributed by atoms with van der Waals surface area (Å²) in [5.74, 6) is -3.53. The van der Waals surface area contributed by atoms with Crippen LogP contribution in [0.15, 0.2) is 58.0 Å². The predicted octanol–water partition coefficient (Wildman–Crippen LogP) is 3.42.